The van der Waals surface area contributed by atoms with Crippen LogP contribution in [0.1, 0.15) is 31.1 Å². The summed E-state index contributed by atoms with van der Waals surface area (Å²) in [7, 11) is 1.37. The number of carbonyl (C=O) groups is 3. The van der Waals surface area contributed by atoms with E-state index in [1.165, 1.54) is 43.5 Å². The molecule has 190 valence electrons. The SMILES string of the molecule is COc1ccc([N+](=O)[O-])cc1NC(=O)c1cc(NC(=O)c2ccccc2)cc(NC(=O)c2ccccc2)c1. The molecule has 0 radical (unpaired) electrons. The van der Waals surface area contributed by atoms with E-state index >= 15 is 0 Å². The van der Waals surface area contributed by atoms with Crippen LogP contribution in [-0.4, -0.2) is 29.8 Å². The van der Waals surface area contributed by atoms with Crippen molar-refractivity contribution in [2.45, 2.75) is 0 Å². The molecule has 0 bridgehead atoms. The van der Waals surface area contributed by atoms with Crippen molar-refractivity contribution in [1.82, 2.24) is 0 Å². The minimum Gasteiger partial charge on any atom is -0.495 e. The molecule has 0 saturated heterocycles. The van der Waals surface area contributed by atoms with Gasteiger partial charge in [0.1, 0.15) is 5.75 Å². The third kappa shape index (κ3) is 6.18. The summed E-state index contributed by atoms with van der Waals surface area (Å²) in [6, 6.07) is 25.2. The molecule has 4 aromatic carbocycles. The Morgan fingerprint density at radius 2 is 1.16 bits per heavy atom. The van der Waals surface area contributed by atoms with Gasteiger partial charge in [-0.25, -0.2) is 0 Å². The maximum absolute atomic E-state index is 13.2. The van der Waals surface area contributed by atoms with Gasteiger partial charge < -0.3 is 20.7 Å². The Balaban J connectivity index is 1.67. The van der Waals surface area contributed by atoms with Crippen LogP contribution >= 0.6 is 0 Å². The van der Waals surface area contributed by atoms with Crippen LogP contribution in [0.25, 0.3) is 0 Å². The van der Waals surface area contributed by atoms with Gasteiger partial charge in [-0.05, 0) is 48.5 Å². The summed E-state index contributed by atoms with van der Waals surface area (Å²) in [6.07, 6.45) is 0. The summed E-state index contributed by atoms with van der Waals surface area (Å²) in [6.45, 7) is 0. The van der Waals surface area contributed by atoms with Crippen LogP contribution in [0.2, 0.25) is 0 Å². The van der Waals surface area contributed by atoms with E-state index in [-0.39, 0.29) is 34.1 Å². The summed E-state index contributed by atoms with van der Waals surface area (Å²) >= 11 is 0. The molecule has 0 aliphatic rings. The normalized spacial score (nSPS) is 10.2. The van der Waals surface area contributed by atoms with E-state index in [1.54, 1.807) is 60.7 Å². The molecule has 38 heavy (non-hydrogen) atoms. The molecule has 0 fully saturated rings. The Labute approximate surface area is 217 Å². The number of anilines is 3. The molecule has 0 unspecified atom stereocenters. The van der Waals surface area contributed by atoms with Crippen molar-refractivity contribution >= 4 is 40.5 Å². The van der Waals surface area contributed by atoms with E-state index in [9.17, 15) is 24.5 Å². The summed E-state index contributed by atoms with van der Waals surface area (Å²) in [5.74, 6) is -1.25. The lowest BCUT2D eigenvalue weighted by atomic mass is 10.1. The highest BCUT2D eigenvalue weighted by molar-refractivity contribution is 6.10. The van der Waals surface area contributed by atoms with Crippen molar-refractivity contribution in [2.24, 2.45) is 0 Å². The van der Waals surface area contributed by atoms with Gasteiger partial charge in [0.15, 0.2) is 0 Å². The largest absolute Gasteiger partial charge is 0.495 e. The number of ether oxygens (including phenoxy) is 1. The van der Waals surface area contributed by atoms with Crippen molar-refractivity contribution in [2.75, 3.05) is 23.1 Å². The number of nitro groups is 1. The van der Waals surface area contributed by atoms with Crippen LogP contribution in [0.4, 0.5) is 22.7 Å². The van der Waals surface area contributed by atoms with Crippen LogP contribution < -0.4 is 20.7 Å². The second-order valence-electron chi connectivity index (χ2n) is 8.04. The van der Waals surface area contributed by atoms with Gasteiger partial charge in [-0.1, -0.05) is 36.4 Å². The molecule has 0 heterocycles. The standard InChI is InChI=1S/C28H22N4O6/c1-38-25-13-12-23(32(36)37)17-24(25)31-28(35)20-14-21(29-26(33)18-8-4-2-5-9-18)16-22(15-20)30-27(34)19-10-6-3-7-11-19/h2-17H,1H3,(H,29,33)(H,30,34)(H,31,35). The van der Waals surface area contributed by atoms with E-state index in [2.05, 4.69) is 16.0 Å². The number of hydrogen-bond donors (Lipinski definition) is 3. The van der Waals surface area contributed by atoms with Crippen molar-refractivity contribution in [3.05, 3.63) is 124 Å². The van der Waals surface area contributed by atoms with E-state index in [4.69, 9.17) is 4.74 Å². The van der Waals surface area contributed by atoms with Crippen LogP contribution in [0, 0.1) is 10.1 Å². The Bertz CT molecular complexity index is 1440. The molecule has 3 amide bonds. The molecule has 10 heteroatoms. The first-order valence-corrected chi connectivity index (χ1v) is 11.4. The topological polar surface area (TPSA) is 140 Å². The quantitative estimate of drug-likeness (QED) is 0.215. The van der Waals surface area contributed by atoms with Crippen LogP contribution in [0.15, 0.2) is 97.1 Å². The maximum atomic E-state index is 13.2. The van der Waals surface area contributed by atoms with Crippen molar-refractivity contribution < 1.29 is 24.0 Å². The highest BCUT2D eigenvalue weighted by Crippen LogP contribution is 2.30. The van der Waals surface area contributed by atoms with E-state index in [0.29, 0.717) is 11.1 Å². The monoisotopic (exact) mass is 510 g/mol. The van der Waals surface area contributed by atoms with Gasteiger partial charge in [0.05, 0.1) is 17.7 Å². The molecule has 0 aromatic heterocycles. The first-order valence-electron chi connectivity index (χ1n) is 11.4. The number of hydrogen-bond acceptors (Lipinski definition) is 6. The van der Waals surface area contributed by atoms with Crippen molar-refractivity contribution in [1.29, 1.82) is 0 Å². The molecule has 0 aliphatic heterocycles. The fourth-order valence-electron chi connectivity index (χ4n) is 3.59. The molecule has 0 saturated carbocycles. The average molecular weight is 511 g/mol. The highest BCUT2D eigenvalue weighted by atomic mass is 16.6. The summed E-state index contributed by atoms with van der Waals surface area (Å²) in [5, 5.41) is 19.3. The zero-order valence-corrected chi connectivity index (χ0v) is 20.1. The average Bonchev–Trinajstić information content (AvgIpc) is 2.93. The number of nitrogens with zero attached hydrogens (tertiary/aromatic N) is 1. The number of benzene rings is 4. The van der Waals surface area contributed by atoms with Crippen LogP contribution in [0.5, 0.6) is 5.75 Å². The summed E-state index contributed by atoms with van der Waals surface area (Å²) < 4.78 is 5.22. The van der Waals surface area contributed by atoms with Gasteiger partial charge in [-0.2, -0.15) is 0 Å². The smallest absolute Gasteiger partial charge is 0.271 e. The van der Waals surface area contributed by atoms with E-state index < -0.39 is 22.6 Å². The second kappa shape index (κ2) is 11.5. The second-order valence-corrected chi connectivity index (χ2v) is 8.04. The van der Waals surface area contributed by atoms with Crippen molar-refractivity contribution in [3.63, 3.8) is 0 Å². The molecule has 4 aromatic rings. The van der Waals surface area contributed by atoms with Crippen molar-refractivity contribution in [3.8, 4) is 5.75 Å². The Kier molecular flexibility index (Phi) is 7.73. The number of methoxy groups -OCH3 is 1. The number of rotatable bonds is 8. The van der Waals surface area contributed by atoms with Gasteiger partial charge >= 0.3 is 0 Å². The van der Waals surface area contributed by atoms with Crippen LogP contribution in [-0.2, 0) is 0 Å². The predicted molar refractivity (Wildman–Crippen MR) is 143 cm³/mol. The number of nitro benzene ring substituents is 1. The van der Waals surface area contributed by atoms with Gasteiger partial charge in [0.2, 0.25) is 0 Å². The van der Waals surface area contributed by atoms with Gasteiger partial charge in [0, 0.05) is 40.2 Å². The van der Waals surface area contributed by atoms with Gasteiger partial charge in [-0.3, -0.25) is 24.5 Å². The van der Waals surface area contributed by atoms with E-state index in [1.807, 2.05) is 0 Å². The minimum absolute atomic E-state index is 0.0767. The Morgan fingerprint density at radius 1 is 0.658 bits per heavy atom. The zero-order chi connectivity index (χ0) is 27.1. The lowest BCUT2D eigenvalue weighted by Crippen LogP contribution is -2.17. The lowest BCUT2D eigenvalue weighted by Gasteiger charge is -2.14. The summed E-state index contributed by atoms with van der Waals surface area (Å²) in [5.41, 5.74) is 1.23. The predicted octanol–water partition coefficient (Wildman–Crippen LogP) is 5.36. The molecular weight excluding hydrogens is 488 g/mol. The molecule has 10 nitrogen and oxygen atoms in total. The Hall–Kier alpha value is -5.51. The highest BCUT2D eigenvalue weighted by Gasteiger charge is 2.17. The van der Waals surface area contributed by atoms with Crippen LogP contribution in [0.3, 0.4) is 0 Å². The first kappa shape index (κ1) is 25.6. The molecule has 0 aliphatic carbocycles. The molecular formula is C28H22N4O6. The number of amides is 3. The zero-order valence-electron chi connectivity index (χ0n) is 20.1. The fraction of sp³-hybridized carbons (Fsp3) is 0.0357. The number of non-ortho nitro benzene ring substituents is 1. The third-order valence-electron chi connectivity index (χ3n) is 5.42. The van der Waals surface area contributed by atoms with Gasteiger partial charge in [-0.15, -0.1) is 0 Å². The minimum atomic E-state index is -0.644. The fourth-order valence-corrected chi connectivity index (χ4v) is 3.59. The maximum Gasteiger partial charge on any atom is 0.271 e. The molecule has 0 spiro atoms. The number of nitrogens with one attached hydrogen (secondary N) is 3. The molecule has 0 atom stereocenters. The van der Waals surface area contributed by atoms with Gasteiger partial charge in [0.25, 0.3) is 23.4 Å². The first-order chi connectivity index (χ1) is 18.3. The summed E-state index contributed by atoms with van der Waals surface area (Å²) in [4.78, 5) is 49.3. The van der Waals surface area contributed by atoms with E-state index in [0.717, 1.165) is 0 Å². The third-order valence-corrected chi connectivity index (χ3v) is 5.42. The molecule has 4 rings (SSSR count). The number of carbonyl (C=O) groups excluding carboxylic acids is 3. The lowest BCUT2D eigenvalue weighted by molar-refractivity contribution is -0.384. The Morgan fingerprint density at radius 3 is 1.63 bits per heavy atom. The molecule has 3 N–H and O–H groups in total.